The van der Waals surface area contributed by atoms with Crippen molar-refractivity contribution in [2.45, 2.75) is 18.5 Å². The summed E-state index contributed by atoms with van der Waals surface area (Å²) >= 11 is 0. The van der Waals surface area contributed by atoms with Crippen molar-refractivity contribution in [3.63, 3.8) is 0 Å². The second-order valence-corrected chi connectivity index (χ2v) is 2.24. The first-order chi connectivity index (χ1) is 4.61. The zero-order valence-corrected chi connectivity index (χ0v) is 5.20. The van der Waals surface area contributed by atoms with Gasteiger partial charge in [0.05, 0.1) is 6.04 Å². The zero-order chi connectivity index (χ0) is 7.72. The van der Waals surface area contributed by atoms with E-state index in [1.807, 2.05) is 0 Å². The molecule has 0 bridgehead atoms. The van der Waals surface area contributed by atoms with Crippen LogP contribution >= 0.6 is 0 Å². The summed E-state index contributed by atoms with van der Waals surface area (Å²) in [5.74, 6) is -1.41. The molecule has 0 saturated carbocycles. The van der Waals surface area contributed by atoms with E-state index >= 15 is 0 Å². The lowest BCUT2D eigenvalue weighted by Crippen LogP contribution is -2.34. The Balaban J connectivity index is 2.57. The zero-order valence-electron chi connectivity index (χ0n) is 5.20. The Kier molecular flexibility index (Phi) is 1.58. The molecular formula is C5H8N2O3. The van der Waals surface area contributed by atoms with E-state index in [-0.39, 0.29) is 12.3 Å². The van der Waals surface area contributed by atoms with Crippen LogP contribution in [0.2, 0.25) is 0 Å². The summed E-state index contributed by atoms with van der Waals surface area (Å²) in [6.07, 6.45) is 0.189. The molecule has 0 aromatic heterocycles. The average Bonchev–Trinajstić information content (AvgIpc) is 2.13. The first-order valence-corrected chi connectivity index (χ1v) is 2.90. The van der Waals surface area contributed by atoms with Crippen molar-refractivity contribution in [2.24, 2.45) is 5.73 Å². The summed E-state index contributed by atoms with van der Waals surface area (Å²) in [4.78, 5) is 20.8. The maximum absolute atomic E-state index is 10.6. The van der Waals surface area contributed by atoms with Crippen LogP contribution in [0.25, 0.3) is 0 Å². The van der Waals surface area contributed by atoms with Crippen LogP contribution in [-0.4, -0.2) is 29.1 Å². The second-order valence-electron chi connectivity index (χ2n) is 2.24. The molecule has 0 aromatic rings. The highest BCUT2D eigenvalue weighted by Gasteiger charge is 2.33. The molecule has 0 radical (unpaired) electrons. The van der Waals surface area contributed by atoms with Gasteiger partial charge in [-0.25, -0.2) is 4.79 Å². The Morgan fingerprint density at radius 1 is 1.80 bits per heavy atom. The summed E-state index contributed by atoms with van der Waals surface area (Å²) in [5.41, 5.74) is 5.23. The van der Waals surface area contributed by atoms with Gasteiger partial charge in [0.1, 0.15) is 6.04 Å². The van der Waals surface area contributed by atoms with Gasteiger partial charge in [-0.1, -0.05) is 0 Å². The molecule has 0 spiro atoms. The predicted octanol–water partition coefficient (Wildman–Crippen LogP) is -1.71. The van der Waals surface area contributed by atoms with Crippen molar-refractivity contribution in [3.8, 4) is 0 Å². The molecular weight excluding hydrogens is 136 g/mol. The molecule has 5 nitrogen and oxygen atoms in total. The minimum Gasteiger partial charge on any atom is -0.480 e. The molecule has 56 valence electrons. The van der Waals surface area contributed by atoms with Crippen LogP contribution in [0, 0.1) is 0 Å². The molecule has 1 saturated heterocycles. The fourth-order valence-corrected chi connectivity index (χ4v) is 0.861. The third-order valence-electron chi connectivity index (χ3n) is 1.44. The number of hydrogen-bond donors (Lipinski definition) is 3. The van der Waals surface area contributed by atoms with Gasteiger partial charge in [-0.3, -0.25) is 4.79 Å². The van der Waals surface area contributed by atoms with Crippen molar-refractivity contribution >= 4 is 11.9 Å². The molecule has 1 fully saturated rings. The molecule has 1 aliphatic rings. The van der Waals surface area contributed by atoms with Crippen molar-refractivity contribution in [1.29, 1.82) is 0 Å². The van der Waals surface area contributed by atoms with Gasteiger partial charge in [-0.2, -0.15) is 0 Å². The molecule has 1 heterocycles. The SMILES string of the molecule is NC1CC(C(=O)O)NC1=O. The number of nitrogens with two attached hydrogens (primary N) is 1. The Hall–Kier alpha value is -1.10. The van der Waals surface area contributed by atoms with Gasteiger partial charge in [0, 0.05) is 6.42 Å². The largest absolute Gasteiger partial charge is 0.480 e. The summed E-state index contributed by atoms with van der Waals surface area (Å²) in [7, 11) is 0. The average molecular weight is 144 g/mol. The Morgan fingerprint density at radius 3 is 2.60 bits per heavy atom. The number of rotatable bonds is 1. The van der Waals surface area contributed by atoms with Gasteiger partial charge in [0.25, 0.3) is 0 Å². The van der Waals surface area contributed by atoms with Gasteiger partial charge in [0.15, 0.2) is 0 Å². The van der Waals surface area contributed by atoms with Gasteiger partial charge in [0.2, 0.25) is 5.91 Å². The molecule has 1 amide bonds. The Morgan fingerprint density at radius 2 is 2.40 bits per heavy atom. The van der Waals surface area contributed by atoms with E-state index in [0.717, 1.165) is 0 Å². The van der Waals surface area contributed by atoms with Crippen molar-refractivity contribution in [3.05, 3.63) is 0 Å². The molecule has 4 N–H and O–H groups in total. The summed E-state index contributed by atoms with van der Waals surface area (Å²) in [6, 6.07) is -1.44. The Bertz CT molecular complexity index is 180. The minimum absolute atomic E-state index is 0.189. The summed E-state index contributed by atoms with van der Waals surface area (Å²) < 4.78 is 0. The number of carboxylic acids is 1. The molecule has 5 heteroatoms. The molecule has 2 unspecified atom stereocenters. The molecule has 0 aliphatic carbocycles. The van der Waals surface area contributed by atoms with E-state index in [2.05, 4.69) is 5.32 Å². The van der Waals surface area contributed by atoms with Crippen LogP contribution in [0.1, 0.15) is 6.42 Å². The molecule has 1 aliphatic heterocycles. The number of carbonyl (C=O) groups excluding carboxylic acids is 1. The summed E-state index contributed by atoms with van der Waals surface area (Å²) in [6.45, 7) is 0. The lowest BCUT2D eigenvalue weighted by molar-refractivity contribution is -0.140. The number of nitrogens with one attached hydrogen (secondary N) is 1. The third-order valence-corrected chi connectivity index (χ3v) is 1.44. The number of carboxylic acid groups (broad SMARTS) is 1. The number of aliphatic carboxylic acids is 1. The highest BCUT2D eigenvalue weighted by Crippen LogP contribution is 2.04. The fourth-order valence-electron chi connectivity index (χ4n) is 0.861. The topological polar surface area (TPSA) is 92.4 Å². The van der Waals surface area contributed by atoms with E-state index < -0.39 is 18.1 Å². The lowest BCUT2D eigenvalue weighted by Gasteiger charge is -1.99. The minimum atomic E-state index is -1.03. The van der Waals surface area contributed by atoms with Crippen molar-refractivity contribution in [2.75, 3.05) is 0 Å². The normalized spacial score (nSPS) is 31.9. The van der Waals surface area contributed by atoms with E-state index in [9.17, 15) is 9.59 Å². The predicted molar refractivity (Wildman–Crippen MR) is 32.2 cm³/mol. The van der Waals surface area contributed by atoms with E-state index in [0.29, 0.717) is 0 Å². The van der Waals surface area contributed by atoms with Crippen LogP contribution in [0.4, 0.5) is 0 Å². The number of carbonyl (C=O) groups is 2. The van der Waals surface area contributed by atoms with Crippen LogP contribution in [-0.2, 0) is 9.59 Å². The van der Waals surface area contributed by atoms with E-state index in [1.165, 1.54) is 0 Å². The van der Waals surface area contributed by atoms with Crippen LogP contribution in [0.5, 0.6) is 0 Å². The first-order valence-electron chi connectivity index (χ1n) is 2.90. The Labute approximate surface area is 57.2 Å². The lowest BCUT2D eigenvalue weighted by atomic mass is 10.2. The van der Waals surface area contributed by atoms with E-state index in [1.54, 1.807) is 0 Å². The smallest absolute Gasteiger partial charge is 0.326 e. The van der Waals surface area contributed by atoms with Gasteiger partial charge < -0.3 is 16.2 Å². The van der Waals surface area contributed by atoms with Crippen molar-refractivity contribution < 1.29 is 14.7 Å². The second kappa shape index (κ2) is 2.26. The monoisotopic (exact) mass is 144 g/mol. The maximum Gasteiger partial charge on any atom is 0.326 e. The van der Waals surface area contributed by atoms with E-state index in [4.69, 9.17) is 10.8 Å². The third kappa shape index (κ3) is 1.08. The molecule has 1 rings (SSSR count). The highest BCUT2D eigenvalue weighted by molar-refractivity contribution is 5.90. The fraction of sp³-hybridized carbons (Fsp3) is 0.600. The number of hydrogen-bond acceptors (Lipinski definition) is 3. The molecule has 2 atom stereocenters. The molecule has 0 aromatic carbocycles. The van der Waals surface area contributed by atoms with Crippen LogP contribution in [0.15, 0.2) is 0 Å². The van der Waals surface area contributed by atoms with Gasteiger partial charge in [-0.15, -0.1) is 0 Å². The maximum atomic E-state index is 10.6. The highest BCUT2D eigenvalue weighted by atomic mass is 16.4. The molecule has 10 heavy (non-hydrogen) atoms. The standard InChI is InChI=1S/C5H8N2O3/c6-2-1-3(5(9)10)7-4(2)8/h2-3H,1,6H2,(H,7,8)(H,9,10). The summed E-state index contributed by atoms with van der Waals surface area (Å²) in [5, 5.41) is 10.6. The first kappa shape index (κ1) is 7.01. The van der Waals surface area contributed by atoms with Gasteiger partial charge >= 0.3 is 5.97 Å². The van der Waals surface area contributed by atoms with Crippen LogP contribution in [0.3, 0.4) is 0 Å². The quantitative estimate of drug-likeness (QED) is 0.408. The number of amides is 1. The van der Waals surface area contributed by atoms with Gasteiger partial charge in [-0.05, 0) is 0 Å². The van der Waals surface area contributed by atoms with Crippen LogP contribution < -0.4 is 11.1 Å². The van der Waals surface area contributed by atoms with Crippen molar-refractivity contribution in [1.82, 2.24) is 5.32 Å².